The number of rotatable bonds is 3. The van der Waals surface area contributed by atoms with Crippen molar-refractivity contribution in [2.24, 2.45) is 5.84 Å². The van der Waals surface area contributed by atoms with Gasteiger partial charge in [0.05, 0.1) is 6.04 Å². The molecule has 7 heteroatoms. The van der Waals surface area contributed by atoms with Gasteiger partial charge in [0.15, 0.2) is 0 Å². The maximum Gasteiger partial charge on any atom is 0.132 e. The average molecular weight is 315 g/mol. The average Bonchev–Trinajstić information content (AvgIpc) is 2.34. The normalized spacial score (nSPS) is 12.4. The highest BCUT2D eigenvalue weighted by Crippen LogP contribution is 2.28. The highest BCUT2D eigenvalue weighted by molar-refractivity contribution is 9.10. The van der Waals surface area contributed by atoms with E-state index in [4.69, 9.17) is 5.84 Å². The largest absolute Gasteiger partial charge is 0.271 e. The van der Waals surface area contributed by atoms with E-state index in [1.165, 1.54) is 30.9 Å². The van der Waals surface area contributed by atoms with Gasteiger partial charge >= 0.3 is 0 Å². The van der Waals surface area contributed by atoms with Crippen LogP contribution in [0.25, 0.3) is 0 Å². The lowest BCUT2D eigenvalue weighted by Gasteiger charge is -2.17. The zero-order valence-corrected chi connectivity index (χ0v) is 10.7. The Morgan fingerprint density at radius 1 is 1.17 bits per heavy atom. The summed E-state index contributed by atoms with van der Waals surface area (Å²) in [5.41, 5.74) is 2.66. The molecule has 0 aliphatic rings. The van der Waals surface area contributed by atoms with E-state index in [-0.39, 0.29) is 5.56 Å². The second kappa shape index (κ2) is 5.47. The number of nitrogens with zero attached hydrogens (tertiary/aromatic N) is 2. The maximum atomic E-state index is 13.8. The molecular formula is C11H9BrF2N4. The van der Waals surface area contributed by atoms with Gasteiger partial charge in [-0.25, -0.2) is 24.2 Å². The fourth-order valence-corrected chi connectivity index (χ4v) is 2.04. The minimum absolute atomic E-state index is 0.171. The number of nitrogens with two attached hydrogens (primary N) is 1. The van der Waals surface area contributed by atoms with E-state index in [0.717, 1.165) is 0 Å². The number of benzene rings is 1. The second-order valence-electron chi connectivity index (χ2n) is 3.55. The zero-order chi connectivity index (χ0) is 13.1. The Hall–Kier alpha value is -1.44. The summed E-state index contributed by atoms with van der Waals surface area (Å²) in [6.45, 7) is 0. The van der Waals surface area contributed by atoms with E-state index in [1.54, 1.807) is 0 Å². The number of aromatic nitrogens is 2. The number of hydrogen-bond acceptors (Lipinski definition) is 4. The summed E-state index contributed by atoms with van der Waals surface area (Å²) in [6, 6.07) is 1.50. The van der Waals surface area contributed by atoms with Crippen molar-refractivity contribution in [3.05, 3.63) is 58.1 Å². The van der Waals surface area contributed by atoms with Gasteiger partial charge in [0.2, 0.25) is 0 Å². The highest BCUT2D eigenvalue weighted by Gasteiger charge is 2.22. The van der Waals surface area contributed by atoms with Crippen molar-refractivity contribution in [3.8, 4) is 0 Å². The van der Waals surface area contributed by atoms with Crippen LogP contribution in [0.4, 0.5) is 8.78 Å². The Balaban J connectivity index is 2.52. The van der Waals surface area contributed by atoms with E-state index in [9.17, 15) is 8.78 Å². The van der Waals surface area contributed by atoms with Crippen LogP contribution in [-0.2, 0) is 0 Å². The molecule has 0 fully saturated rings. The lowest BCUT2D eigenvalue weighted by atomic mass is 10.0. The Bertz CT molecular complexity index is 527. The van der Waals surface area contributed by atoms with Crippen molar-refractivity contribution >= 4 is 15.9 Å². The van der Waals surface area contributed by atoms with Crippen LogP contribution in [0.1, 0.15) is 17.2 Å². The molecule has 1 aromatic carbocycles. The lowest BCUT2D eigenvalue weighted by Crippen LogP contribution is -2.30. The van der Waals surface area contributed by atoms with Gasteiger partial charge < -0.3 is 0 Å². The summed E-state index contributed by atoms with van der Waals surface area (Å²) in [5, 5.41) is 0. The molecule has 0 aliphatic heterocycles. The fraction of sp³-hybridized carbons (Fsp3) is 0.0909. The number of hydrogen-bond donors (Lipinski definition) is 2. The Morgan fingerprint density at radius 3 is 2.22 bits per heavy atom. The first kappa shape index (κ1) is 13.0. The molecule has 18 heavy (non-hydrogen) atoms. The van der Waals surface area contributed by atoms with Crippen molar-refractivity contribution in [1.29, 1.82) is 0 Å². The zero-order valence-electron chi connectivity index (χ0n) is 9.07. The number of nitrogens with one attached hydrogen (secondary N) is 1. The smallest absolute Gasteiger partial charge is 0.132 e. The number of halogens is 3. The van der Waals surface area contributed by atoms with Crippen molar-refractivity contribution in [2.75, 3.05) is 0 Å². The summed E-state index contributed by atoms with van der Waals surface area (Å²) in [4.78, 5) is 7.59. The summed E-state index contributed by atoms with van der Waals surface area (Å²) in [6.07, 6.45) is 4.21. The molecule has 2 rings (SSSR count). The Morgan fingerprint density at radius 2 is 1.72 bits per heavy atom. The summed E-state index contributed by atoms with van der Waals surface area (Å²) < 4.78 is 28.0. The quantitative estimate of drug-likeness (QED) is 0.672. The van der Waals surface area contributed by atoms with Crippen LogP contribution >= 0.6 is 15.9 Å². The van der Waals surface area contributed by atoms with E-state index < -0.39 is 17.7 Å². The standard InChI is InChI=1S/C11H9BrF2N4/c12-7-1-8(13)10(9(14)2-7)11(18-15)6-3-16-5-17-4-6/h1-5,11,18H,15H2. The first-order valence-corrected chi connectivity index (χ1v) is 5.78. The topological polar surface area (TPSA) is 63.8 Å². The predicted molar refractivity (Wildman–Crippen MR) is 65.3 cm³/mol. The first-order valence-electron chi connectivity index (χ1n) is 4.99. The third-order valence-corrected chi connectivity index (χ3v) is 2.87. The van der Waals surface area contributed by atoms with Crippen LogP contribution in [0.5, 0.6) is 0 Å². The molecule has 0 radical (unpaired) electrons. The molecule has 0 aliphatic carbocycles. The SMILES string of the molecule is NNC(c1cncnc1)c1c(F)cc(Br)cc1F. The van der Waals surface area contributed by atoms with Crippen molar-refractivity contribution in [2.45, 2.75) is 6.04 Å². The fourth-order valence-electron chi connectivity index (χ4n) is 1.64. The second-order valence-corrected chi connectivity index (χ2v) is 4.47. The van der Waals surface area contributed by atoms with Gasteiger partial charge in [0.1, 0.15) is 18.0 Å². The minimum atomic E-state index is -0.848. The highest BCUT2D eigenvalue weighted by atomic mass is 79.9. The third-order valence-electron chi connectivity index (χ3n) is 2.41. The Labute approximate surface area is 110 Å². The van der Waals surface area contributed by atoms with Crippen molar-refractivity contribution in [1.82, 2.24) is 15.4 Å². The van der Waals surface area contributed by atoms with Crippen molar-refractivity contribution < 1.29 is 8.78 Å². The maximum absolute atomic E-state index is 13.8. The van der Waals surface area contributed by atoms with Crippen LogP contribution in [0.2, 0.25) is 0 Å². The molecule has 0 saturated carbocycles. The first-order chi connectivity index (χ1) is 8.63. The van der Waals surface area contributed by atoms with E-state index in [0.29, 0.717) is 10.0 Å². The molecule has 4 nitrogen and oxygen atoms in total. The number of hydrazine groups is 1. The van der Waals surface area contributed by atoms with Gasteiger partial charge in [0, 0.05) is 28.0 Å². The molecule has 3 N–H and O–H groups in total. The van der Waals surface area contributed by atoms with Gasteiger partial charge in [0.25, 0.3) is 0 Å². The van der Waals surface area contributed by atoms with Crippen LogP contribution in [0.15, 0.2) is 35.3 Å². The Kier molecular flexibility index (Phi) is 3.95. The van der Waals surface area contributed by atoms with Gasteiger partial charge in [-0.1, -0.05) is 15.9 Å². The molecule has 1 heterocycles. The van der Waals surface area contributed by atoms with Crippen LogP contribution in [0, 0.1) is 11.6 Å². The van der Waals surface area contributed by atoms with Gasteiger partial charge in [-0.05, 0) is 12.1 Å². The molecule has 2 aromatic rings. The van der Waals surface area contributed by atoms with E-state index in [2.05, 4.69) is 31.3 Å². The molecule has 94 valence electrons. The van der Waals surface area contributed by atoms with Crippen molar-refractivity contribution in [3.63, 3.8) is 0 Å². The van der Waals surface area contributed by atoms with Crippen LogP contribution in [-0.4, -0.2) is 9.97 Å². The van der Waals surface area contributed by atoms with E-state index >= 15 is 0 Å². The monoisotopic (exact) mass is 314 g/mol. The molecule has 0 amide bonds. The molecule has 1 atom stereocenters. The van der Waals surface area contributed by atoms with E-state index in [1.807, 2.05) is 0 Å². The molecule has 0 saturated heterocycles. The third kappa shape index (κ3) is 2.53. The lowest BCUT2D eigenvalue weighted by molar-refractivity contribution is 0.508. The van der Waals surface area contributed by atoms with Gasteiger partial charge in [-0.15, -0.1) is 0 Å². The summed E-state index contributed by atoms with van der Waals surface area (Å²) >= 11 is 3.02. The van der Waals surface area contributed by atoms with Crippen LogP contribution < -0.4 is 11.3 Å². The summed E-state index contributed by atoms with van der Waals surface area (Å²) in [5.74, 6) is 3.96. The van der Waals surface area contributed by atoms with Gasteiger partial charge in [-0.3, -0.25) is 5.84 Å². The summed E-state index contributed by atoms with van der Waals surface area (Å²) in [7, 11) is 0. The molecule has 1 unspecified atom stereocenters. The van der Waals surface area contributed by atoms with Gasteiger partial charge in [-0.2, -0.15) is 0 Å². The molecule has 0 spiro atoms. The van der Waals surface area contributed by atoms with Crippen LogP contribution in [0.3, 0.4) is 0 Å². The minimum Gasteiger partial charge on any atom is -0.271 e. The molecule has 1 aromatic heterocycles. The predicted octanol–water partition coefficient (Wildman–Crippen LogP) is 2.07. The molecular weight excluding hydrogens is 306 g/mol. The molecule has 0 bridgehead atoms.